The van der Waals surface area contributed by atoms with E-state index in [1.165, 1.54) is 31.1 Å². The number of rotatable bonds is 5. The summed E-state index contributed by atoms with van der Waals surface area (Å²) < 4.78 is 1.76. The van der Waals surface area contributed by atoms with Crippen molar-refractivity contribution in [1.29, 1.82) is 0 Å². The van der Waals surface area contributed by atoms with Gasteiger partial charge in [-0.2, -0.15) is 0 Å². The molecule has 7 nitrogen and oxygen atoms in total. The normalized spacial score (nSPS) is 19.5. The Morgan fingerprint density at radius 1 is 1.23 bits per heavy atom. The summed E-state index contributed by atoms with van der Waals surface area (Å²) in [6.45, 7) is 4.04. The number of allylic oxidation sites excluding steroid dienone is 3. The number of aliphatic imine (C=N–C) groups is 1. The van der Waals surface area contributed by atoms with Gasteiger partial charge in [-0.05, 0) is 50.2 Å². The lowest BCUT2D eigenvalue weighted by atomic mass is 10.1. The van der Waals surface area contributed by atoms with Crippen LogP contribution in [-0.2, 0) is 4.79 Å². The number of nitrogens with one attached hydrogen (secondary N) is 1. The number of hydrogen-bond donors (Lipinski definition) is 2. The largest absolute Gasteiger partial charge is 0.506 e. The van der Waals surface area contributed by atoms with E-state index in [0.717, 1.165) is 31.7 Å². The SMILES string of the molecule is O=C1C=CC(=Nc2c(NCCN3CCCC3)nn3ccccc23)C(O)=C1. The highest BCUT2D eigenvalue weighted by molar-refractivity contribution is 6.19. The summed E-state index contributed by atoms with van der Waals surface area (Å²) in [7, 11) is 0. The molecule has 7 heteroatoms. The molecule has 0 unspecified atom stereocenters. The molecule has 1 aliphatic heterocycles. The van der Waals surface area contributed by atoms with E-state index in [1.54, 1.807) is 4.52 Å². The van der Waals surface area contributed by atoms with E-state index >= 15 is 0 Å². The molecular formula is C19H21N5O2. The van der Waals surface area contributed by atoms with Gasteiger partial charge in [0.05, 0.1) is 5.52 Å². The number of aromatic nitrogens is 2. The Hall–Kier alpha value is -2.93. The van der Waals surface area contributed by atoms with Gasteiger partial charge in [-0.3, -0.25) is 4.79 Å². The molecule has 2 N–H and O–H groups in total. The second-order valence-electron chi connectivity index (χ2n) is 6.47. The van der Waals surface area contributed by atoms with E-state index in [4.69, 9.17) is 0 Å². The summed E-state index contributed by atoms with van der Waals surface area (Å²) in [5.74, 6) is 0.294. The Balaban J connectivity index is 1.62. The predicted octanol–water partition coefficient (Wildman–Crippen LogP) is 2.50. The molecule has 0 aromatic carbocycles. The van der Waals surface area contributed by atoms with Crippen molar-refractivity contribution in [2.75, 3.05) is 31.5 Å². The smallest absolute Gasteiger partial charge is 0.182 e. The Morgan fingerprint density at radius 3 is 2.88 bits per heavy atom. The van der Waals surface area contributed by atoms with E-state index in [1.807, 2.05) is 24.4 Å². The van der Waals surface area contributed by atoms with Gasteiger partial charge in [-0.25, -0.2) is 9.51 Å². The fraction of sp³-hybridized carbons (Fsp3) is 0.316. The maximum absolute atomic E-state index is 11.4. The summed E-state index contributed by atoms with van der Waals surface area (Å²) in [5.41, 5.74) is 1.84. The van der Waals surface area contributed by atoms with E-state index in [0.29, 0.717) is 17.2 Å². The molecule has 0 atom stereocenters. The molecule has 4 rings (SSSR count). The van der Waals surface area contributed by atoms with Gasteiger partial charge in [0.15, 0.2) is 11.6 Å². The first-order chi connectivity index (χ1) is 12.7. The maximum atomic E-state index is 11.4. The van der Waals surface area contributed by atoms with Crippen LogP contribution < -0.4 is 5.32 Å². The summed E-state index contributed by atoms with van der Waals surface area (Å²) >= 11 is 0. The molecule has 2 aromatic heterocycles. The first kappa shape index (κ1) is 16.5. The molecular weight excluding hydrogens is 330 g/mol. The molecule has 0 spiro atoms. The topological polar surface area (TPSA) is 82.2 Å². The third-order valence-electron chi connectivity index (χ3n) is 4.61. The zero-order chi connectivity index (χ0) is 17.9. The molecule has 134 valence electrons. The van der Waals surface area contributed by atoms with Crippen molar-refractivity contribution in [2.45, 2.75) is 12.8 Å². The standard InChI is InChI=1S/C19H21N5O2/c25-14-6-7-15(17(26)13-14)21-18-16-5-1-2-11-24(16)22-19(18)20-8-12-23-9-3-4-10-23/h1-2,5-7,11,13,26H,3-4,8-10,12H2,(H,20,22). The molecule has 2 aromatic rings. The molecule has 0 amide bonds. The van der Waals surface area contributed by atoms with Crippen molar-refractivity contribution >= 4 is 28.5 Å². The molecule has 0 radical (unpaired) electrons. The molecule has 3 heterocycles. The van der Waals surface area contributed by atoms with Crippen LogP contribution in [0.25, 0.3) is 5.52 Å². The average Bonchev–Trinajstić information content (AvgIpc) is 3.26. The minimum atomic E-state index is -0.245. The zero-order valence-electron chi connectivity index (χ0n) is 14.4. The number of carbonyl (C=O) groups excluding carboxylic acids is 1. The second-order valence-corrected chi connectivity index (χ2v) is 6.47. The Kier molecular flexibility index (Phi) is 4.53. The highest BCUT2D eigenvalue weighted by atomic mass is 16.3. The molecule has 0 saturated carbocycles. The number of aliphatic hydroxyl groups excluding tert-OH is 1. The van der Waals surface area contributed by atoms with Crippen LogP contribution in [0.5, 0.6) is 0 Å². The van der Waals surface area contributed by atoms with E-state index < -0.39 is 0 Å². The molecule has 1 fully saturated rings. The zero-order valence-corrected chi connectivity index (χ0v) is 14.4. The molecule has 0 bridgehead atoms. The number of nitrogens with zero attached hydrogens (tertiary/aromatic N) is 4. The number of aliphatic hydroxyl groups is 1. The first-order valence-electron chi connectivity index (χ1n) is 8.86. The van der Waals surface area contributed by atoms with E-state index in [2.05, 4.69) is 20.3 Å². The van der Waals surface area contributed by atoms with Crippen LogP contribution in [0.2, 0.25) is 0 Å². The van der Waals surface area contributed by atoms with E-state index in [-0.39, 0.29) is 11.5 Å². The highest BCUT2D eigenvalue weighted by Crippen LogP contribution is 2.30. The van der Waals surface area contributed by atoms with Crippen LogP contribution in [0.4, 0.5) is 11.5 Å². The third-order valence-corrected chi connectivity index (χ3v) is 4.61. The fourth-order valence-electron chi connectivity index (χ4n) is 3.27. The van der Waals surface area contributed by atoms with Gasteiger partial charge < -0.3 is 15.3 Å². The Labute approximate surface area is 151 Å². The Bertz CT molecular complexity index is 919. The van der Waals surface area contributed by atoms with E-state index in [9.17, 15) is 9.90 Å². The van der Waals surface area contributed by atoms with Crippen molar-refractivity contribution in [3.8, 4) is 0 Å². The number of ketones is 1. The van der Waals surface area contributed by atoms with Gasteiger partial charge in [0.2, 0.25) is 0 Å². The predicted molar refractivity (Wildman–Crippen MR) is 101 cm³/mol. The van der Waals surface area contributed by atoms with Gasteiger partial charge in [0, 0.05) is 25.4 Å². The minimum Gasteiger partial charge on any atom is -0.506 e. The molecule has 1 aliphatic carbocycles. The number of likely N-dealkylation sites (tertiary alicyclic amines) is 1. The summed E-state index contributed by atoms with van der Waals surface area (Å²) in [6, 6.07) is 5.75. The average molecular weight is 351 g/mol. The maximum Gasteiger partial charge on any atom is 0.182 e. The quantitative estimate of drug-likeness (QED) is 0.809. The van der Waals surface area contributed by atoms with Crippen molar-refractivity contribution in [1.82, 2.24) is 14.5 Å². The molecule has 2 aliphatic rings. The van der Waals surface area contributed by atoms with Gasteiger partial charge in [0.1, 0.15) is 17.2 Å². The van der Waals surface area contributed by atoms with Gasteiger partial charge in [0.25, 0.3) is 0 Å². The fourth-order valence-corrected chi connectivity index (χ4v) is 3.27. The number of pyridine rings is 1. The summed E-state index contributed by atoms with van der Waals surface area (Å²) in [6.07, 6.45) is 8.49. The monoisotopic (exact) mass is 351 g/mol. The lowest BCUT2D eigenvalue weighted by Crippen LogP contribution is -2.26. The van der Waals surface area contributed by atoms with Crippen molar-refractivity contribution in [3.63, 3.8) is 0 Å². The second kappa shape index (κ2) is 7.13. The lowest BCUT2D eigenvalue weighted by molar-refractivity contribution is -0.110. The summed E-state index contributed by atoms with van der Waals surface area (Å²) in [4.78, 5) is 18.4. The van der Waals surface area contributed by atoms with Crippen LogP contribution in [0.1, 0.15) is 12.8 Å². The molecule has 26 heavy (non-hydrogen) atoms. The third kappa shape index (κ3) is 3.39. The number of fused-ring (bicyclic) bond motifs is 1. The van der Waals surface area contributed by atoms with Crippen LogP contribution >= 0.6 is 0 Å². The Morgan fingerprint density at radius 2 is 2.08 bits per heavy atom. The first-order valence-corrected chi connectivity index (χ1v) is 8.86. The van der Waals surface area contributed by atoms with Crippen LogP contribution in [0, 0.1) is 0 Å². The van der Waals surface area contributed by atoms with Crippen LogP contribution in [0.3, 0.4) is 0 Å². The van der Waals surface area contributed by atoms with Gasteiger partial charge in [-0.1, -0.05) is 6.07 Å². The number of anilines is 1. The van der Waals surface area contributed by atoms with Gasteiger partial charge in [-0.15, -0.1) is 5.10 Å². The number of hydrogen-bond acceptors (Lipinski definition) is 6. The molecule has 1 saturated heterocycles. The minimum absolute atomic E-state index is 0.129. The van der Waals surface area contributed by atoms with Crippen molar-refractivity contribution in [2.24, 2.45) is 4.99 Å². The van der Waals surface area contributed by atoms with Crippen LogP contribution in [0.15, 0.2) is 53.4 Å². The lowest BCUT2D eigenvalue weighted by Gasteiger charge is -2.14. The number of carbonyl (C=O) groups is 1. The van der Waals surface area contributed by atoms with Gasteiger partial charge >= 0.3 is 0 Å². The highest BCUT2D eigenvalue weighted by Gasteiger charge is 2.16. The van der Waals surface area contributed by atoms with Crippen molar-refractivity contribution in [3.05, 3.63) is 48.4 Å². The summed E-state index contributed by atoms with van der Waals surface area (Å²) in [5, 5.41) is 18.0. The van der Waals surface area contributed by atoms with Crippen molar-refractivity contribution < 1.29 is 9.90 Å². The van der Waals surface area contributed by atoms with Crippen LogP contribution in [-0.4, -0.2) is 57.3 Å².